The predicted molar refractivity (Wildman–Crippen MR) is 77.5 cm³/mol. The van der Waals surface area contributed by atoms with E-state index in [1.165, 1.54) is 24.3 Å². The van der Waals surface area contributed by atoms with Crippen molar-refractivity contribution in [1.82, 2.24) is 4.98 Å². The molecule has 0 amide bonds. The Balaban J connectivity index is 2.18. The van der Waals surface area contributed by atoms with Crippen LogP contribution in [-0.2, 0) is 16.4 Å². The summed E-state index contributed by atoms with van der Waals surface area (Å²) in [5, 5.41) is 5.85. The lowest BCUT2D eigenvalue weighted by Gasteiger charge is -2.06. The molecule has 0 fully saturated rings. The molecule has 9 heteroatoms. The van der Waals surface area contributed by atoms with E-state index < -0.39 is 21.9 Å². The third kappa shape index (κ3) is 2.72. The highest BCUT2D eigenvalue weighted by atomic mass is 32.2. The van der Waals surface area contributed by atoms with E-state index in [1.54, 1.807) is 0 Å². The van der Waals surface area contributed by atoms with Gasteiger partial charge in [-0.3, -0.25) is 4.72 Å². The fraction of sp³-hybridized carbons (Fsp3) is 0.0769. The molecule has 116 valence electrons. The Morgan fingerprint density at radius 1 is 1.00 bits per heavy atom. The van der Waals surface area contributed by atoms with E-state index >= 15 is 0 Å². The minimum absolute atomic E-state index is 0.220. The van der Waals surface area contributed by atoms with Gasteiger partial charge in [0.15, 0.2) is 0 Å². The molecule has 0 unspecified atom stereocenters. The van der Waals surface area contributed by atoms with Crippen LogP contribution in [0.1, 0.15) is 5.56 Å². The number of fused-ring (bicyclic) bond motifs is 3. The number of nitrogens with one attached hydrogen (secondary N) is 2. The highest BCUT2D eigenvalue weighted by Crippen LogP contribution is 2.34. The van der Waals surface area contributed by atoms with Gasteiger partial charge in [-0.1, -0.05) is 6.07 Å². The zero-order valence-corrected chi connectivity index (χ0v) is 11.7. The summed E-state index contributed by atoms with van der Waals surface area (Å²) in [7, 11) is -3.91. The Morgan fingerprint density at radius 2 is 1.73 bits per heavy atom. The number of hydrogen-bond acceptors (Lipinski definition) is 2. The molecule has 0 radical (unpaired) electrons. The SMILES string of the molecule is NS(=O)(=O)Nc1ccc2c(c1)[nH]c1ccc(C(F)(F)F)cc12. The number of anilines is 1. The van der Waals surface area contributed by atoms with Gasteiger partial charge in [-0.2, -0.15) is 21.6 Å². The fourth-order valence-electron chi connectivity index (χ4n) is 2.31. The molecular formula is C13H10F3N3O2S. The summed E-state index contributed by atoms with van der Waals surface area (Å²) in [6, 6.07) is 7.81. The molecule has 1 aromatic heterocycles. The standard InChI is InChI=1S/C13H10F3N3O2S/c14-13(15,16)7-1-4-11-10(5-7)9-3-2-8(6-12(9)18-11)19-22(17,20)21/h1-6,18-19H,(H2,17,20,21). The summed E-state index contributed by atoms with van der Waals surface area (Å²) in [6.07, 6.45) is -4.42. The average Bonchev–Trinajstić information content (AvgIpc) is 2.72. The van der Waals surface area contributed by atoms with Crippen molar-refractivity contribution in [3.63, 3.8) is 0 Å². The van der Waals surface area contributed by atoms with E-state index in [0.29, 0.717) is 21.8 Å². The van der Waals surface area contributed by atoms with Crippen LogP contribution in [0.25, 0.3) is 21.8 Å². The average molecular weight is 329 g/mol. The van der Waals surface area contributed by atoms with Crippen LogP contribution in [0.2, 0.25) is 0 Å². The first-order valence-electron chi connectivity index (χ1n) is 6.07. The van der Waals surface area contributed by atoms with Crippen LogP contribution >= 0.6 is 0 Å². The van der Waals surface area contributed by atoms with Gasteiger partial charge in [0, 0.05) is 21.8 Å². The minimum Gasteiger partial charge on any atom is -0.354 e. The molecule has 0 saturated heterocycles. The van der Waals surface area contributed by atoms with E-state index in [-0.39, 0.29) is 5.69 Å². The first-order chi connectivity index (χ1) is 10.1. The van der Waals surface area contributed by atoms with Gasteiger partial charge in [0.2, 0.25) is 0 Å². The van der Waals surface area contributed by atoms with E-state index in [0.717, 1.165) is 12.1 Å². The van der Waals surface area contributed by atoms with Gasteiger partial charge in [0.1, 0.15) is 0 Å². The largest absolute Gasteiger partial charge is 0.416 e. The Kier molecular flexibility index (Phi) is 3.08. The summed E-state index contributed by atoms with van der Waals surface area (Å²) in [5.41, 5.74) is 0.504. The Labute approximate surface area is 123 Å². The number of nitrogens with two attached hydrogens (primary N) is 1. The van der Waals surface area contributed by atoms with Crippen molar-refractivity contribution >= 4 is 37.7 Å². The molecule has 2 aromatic carbocycles. The van der Waals surface area contributed by atoms with Gasteiger partial charge >= 0.3 is 6.18 Å². The second-order valence-electron chi connectivity index (χ2n) is 4.79. The van der Waals surface area contributed by atoms with Crippen molar-refractivity contribution in [3.05, 3.63) is 42.0 Å². The first kappa shape index (κ1) is 14.7. The van der Waals surface area contributed by atoms with Crippen LogP contribution in [-0.4, -0.2) is 13.4 Å². The van der Waals surface area contributed by atoms with Crippen LogP contribution in [0.4, 0.5) is 18.9 Å². The normalized spacial score (nSPS) is 12.9. The van der Waals surface area contributed by atoms with E-state index in [9.17, 15) is 21.6 Å². The smallest absolute Gasteiger partial charge is 0.354 e. The predicted octanol–water partition coefficient (Wildman–Crippen LogP) is 2.96. The summed E-state index contributed by atoms with van der Waals surface area (Å²) in [6.45, 7) is 0. The molecule has 5 nitrogen and oxygen atoms in total. The lowest BCUT2D eigenvalue weighted by atomic mass is 10.1. The maximum Gasteiger partial charge on any atom is 0.416 e. The second kappa shape index (κ2) is 4.62. The number of aromatic nitrogens is 1. The van der Waals surface area contributed by atoms with Crippen LogP contribution in [0.15, 0.2) is 36.4 Å². The van der Waals surface area contributed by atoms with Crippen LogP contribution in [0.5, 0.6) is 0 Å². The molecule has 0 aliphatic rings. The van der Waals surface area contributed by atoms with Gasteiger partial charge in [-0.05, 0) is 30.3 Å². The number of hydrogen-bond donors (Lipinski definition) is 3. The third-order valence-electron chi connectivity index (χ3n) is 3.19. The Morgan fingerprint density at radius 3 is 2.36 bits per heavy atom. The Hall–Kier alpha value is -2.26. The number of halogens is 3. The molecule has 3 rings (SSSR count). The first-order valence-corrected chi connectivity index (χ1v) is 7.61. The van der Waals surface area contributed by atoms with Crippen molar-refractivity contribution in [2.24, 2.45) is 5.14 Å². The van der Waals surface area contributed by atoms with E-state index in [4.69, 9.17) is 5.14 Å². The number of alkyl halides is 3. The quantitative estimate of drug-likeness (QED) is 0.675. The third-order valence-corrected chi connectivity index (χ3v) is 3.71. The van der Waals surface area contributed by atoms with Crippen molar-refractivity contribution in [2.45, 2.75) is 6.18 Å². The van der Waals surface area contributed by atoms with Gasteiger partial charge in [0.25, 0.3) is 10.2 Å². The van der Waals surface area contributed by atoms with Gasteiger partial charge in [0.05, 0.1) is 11.3 Å². The summed E-state index contributed by atoms with van der Waals surface area (Å²) in [5.74, 6) is 0. The molecule has 1 heterocycles. The minimum atomic E-state index is -4.42. The molecule has 0 aliphatic heterocycles. The topological polar surface area (TPSA) is 88.0 Å². The fourth-order valence-corrected chi connectivity index (χ4v) is 2.76. The number of benzene rings is 2. The van der Waals surface area contributed by atoms with E-state index in [1.807, 2.05) is 0 Å². The van der Waals surface area contributed by atoms with Crippen LogP contribution < -0.4 is 9.86 Å². The van der Waals surface area contributed by atoms with Crippen molar-refractivity contribution in [3.8, 4) is 0 Å². The maximum atomic E-state index is 12.8. The summed E-state index contributed by atoms with van der Waals surface area (Å²) in [4.78, 5) is 2.94. The molecule has 4 N–H and O–H groups in total. The molecule has 0 aliphatic carbocycles. The van der Waals surface area contributed by atoms with Crippen LogP contribution in [0, 0.1) is 0 Å². The highest BCUT2D eigenvalue weighted by Gasteiger charge is 2.30. The number of aromatic amines is 1. The molecule has 0 spiro atoms. The molecule has 0 bridgehead atoms. The van der Waals surface area contributed by atoms with Gasteiger partial charge < -0.3 is 4.98 Å². The molecule has 0 saturated carbocycles. The number of rotatable bonds is 2. The zero-order chi connectivity index (χ0) is 16.1. The van der Waals surface area contributed by atoms with Gasteiger partial charge in [-0.15, -0.1) is 0 Å². The molecule has 0 atom stereocenters. The van der Waals surface area contributed by atoms with Crippen molar-refractivity contribution in [2.75, 3.05) is 4.72 Å². The van der Waals surface area contributed by atoms with Crippen molar-refractivity contribution < 1.29 is 21.6 Å². The molecule has 3 aromatic rings. The summed E-state index contributed by atoms with van der Waals surface area (Å²) >= 11 is 0. The highest BCUT2D eigenvalue weighted by molar-refractivity contribution is 7.90. The second-order valence-corrected chi connectivity index (χ2v) is 6.08. The van der Waals surface area contributed by atoms with Crippen molar-refractivity contribution in [1.29, 1.82) is 0 Å². The maximum absolute atomic E-state index is 12.8. The Bertz CT molecular complexity index is 977. The van der Waals surface area contributed by atoms with Gasteiger partial charge in [-0.25, -0.2) is 5.14 Å². The molecule has 22 heavy (non-hydrogen) atoms. The lowest BCUT2D eigenvalue weighted by Crippen LogP contribution is -2.21. The number of H-pyrrole nitrogens is 1. The summed E-state index contributed by atoms with van der Waals surface area (Å²) < 4.78 is 62.4. The monoisotopic (exact) mass is 329 g/mol. The zero-order valence-electron chi connectivity index (χ0n) is 10.9. The molecular weight excluding hydrogens is 319 g/mol. The van der Waals surface area contributed by atoms with Crippen LogP contribution in [0.3, 0.4) is 0 Å². The van der Waals surface area contributed by atoms with E-state index in [2.05, 4.69) is 9.71 Å². The lowest BCUT2D eigenvalue weighted by molar-refractivity contribution is -0.137.